The van der Waals surface area contributed by atoms with Crippen molar-refractivity contribution in [1.82, 2.24) is 19.9 Å². The number of rotatable bonds is 6. The fraction of sp³-hybridized carbons (Fsp3) is 0.467. The van der Waals surface area contributed by atoms with Gasteiger partial charge in [0.2, 0.25) is 0 Å². The maximum absolute atomic E-state index is 5.72. The van der Waals surface area contributed by atoms with Gasteiger partial charge in [0.25, 0.3) is 0 Å². The van der Waals surface area contributed by atoms with Gasteiger partial charge in [-0.25, -0.2) is 4.98 Å². The highest BCUT2D eigenvalue weighted by Crippen LogP contribution is 2.24. The third kappa shape index (κ3) is 3.36. The minimum absolute atomic E-state index is 0.0655. The van der Waals surface area contributed by atoms with Crippen LogP contribution in [0.4, 0.5) is 0 Å². The van der Waals surface area contributed by atoms with Crippen LogP contribution in [-0.4, -0.2) is 27.2 Å². The van der Waals surface area contributed by atoms with Gasteiger partial charge in [0.1, 0.15) is 5.75 Å². The number of imidazole rings is 1. The fourth-order valence-corrected chi connectivity index (χ4v) is 2.17. The molecule has 0 bridgehead atoms. The van der Waals surface area contributed by atoms with Crippen LogP contribution in [0.1, 0.15) is 38.1 Å². The molecule has 20 heavy (non-hydrogen) atoms. The van der Waals surface area contributed by atoms with Gasteiger partial charge < -0.3 is 14.6 Å². The van der Waals surface area contributed by atoms with Gasteiger partial charge in [-0.3, -0.25) is 4.98 Å². The molecule has 2 aromatic rings. The predicted molar refractivity (Wildman–Crippen MR) is 78.7 cm³/mol. The van der Waals surface area contributed by atoms with Crippen LogP contribution in [0.3, 0.4) is 0 Å². The number of hydrogen-bond acceptors (Lipinski definition) is 4. The molecule has 2 rings (SSSR count). The third-order valence-electron chi connectivity index (χ3n) is 3.00. The summed E-state index contributed by atoms with van der Waals surface area (Å²) in [6, 6.07) is 2.10. The van der Waals surface area contributed by atoms with Crippen molar-refractivity contribution in [2.75, 3.05) is 6.54 Å². The lowest BCUT2D eigenvalue weighted by Crippen LogP contribution is -2.24. The third-order valence-corrected chi connectivity index (χ3v) is 3.00. The first kappa shape index (κ1) is 14.5. The molecule has 5 heteroatoms. The van der Waals surface area contributed by atoms with Crippen molar-refractivity contribution >= 4 is 0 Å². The summed E-state index contributed by atoms with van der Waals surface area (Å²) >= 11 is 0. The molecule has 0 aromatic carbocycles. The summed E-state index contributed by atoms with van der Waals surface area (Å²) < 4.78 is 7.74. The predicted octanol–water partition coefficient (Wildman–Crippen LogP) is 2.30. The van der Waals surface area contributed by atoms with Gasteiger partial charge in [-0.1, -0.05) is 6.92 Å². The average Bonchev–Trinajstić information content (AvgIpc) is 2.81. The summed E-state index contributed by atoms with van der Waals surface area (Å²) in [5, 5.41) is 3.47. The molecule has 1 unspecified atom stereocenters. The first-order valence-electron chi connectivity index (χ1n) is 6.93. The Hall–Kier alpha value is -1.88. The Balaban J connectivity index is 2.32. The van der Waals surface area contributed by atoms with E-state index in [-0.39, 0.29) is 12.1 Å². The number of pyridine rings is 1. The zero-order valence-corrected chi connectivity index (χ0v) is 12.5. The highest BCUT2D eigenvalue weighted by atomic mass is 16.5. The summed E-state index contributed by atoms with van der Waals surface area (Å²) in [5.41, 5.74) is 2.18. The molecular formula is C15H22N4O. The Kier molecular flexibility index (Phi) is 4.74. The van der Waals surface area contributed by atoms with E-state index in [4.69, 9.17) is 4.74 Å². The number of nitrogens with one attached hydrogen (secondary N) is 1. The lowest BCUT2D eigenvalue weighted by Gasteiger charge is -2.19. The Morgan fingerprint density at radius 3 is 2.65 bits per heavy atom. The molecule has 2 heterocycles. The largest absolute Gasteiger partial charge is 0.489 e. The summed E-state index contributed by atoms with van der Waals surface area (Å²) in [5.74, 6) is 0.794. The molecular weight excluding hydrogens is 252 g/mol. The van der Waals surface area contributed by atoms with Gasteiger partial charge in [0.05, 0.1) is 36.6 Å². The maximum Gasteiger partial charge on any atom is 0.138 e. The normalized spacial score (nSPS) is 12.7. The second kappa shape index (κ2) is 6.52. The topological polar surface area (TPSA) is 52.0 Å². The van der Waals surface area contributed by atoms with E-state index in [2.05, 4.69) is 22.2 Å². The molecule has 0 saturated heterocycles. The van der Waals surface area contributed by atoms with Crippen molar-refractivity contribution < 1.29 is 4.74 Å². The highest BCUT2D eigenvalue weighted by molar-refractivity contribution is 5.31. The van der Waals surface area contributed by atoms with Crippen LogP contribution < -0.4 is 10.1 Å². The fourth-order valence-electron chi connectivity index (χ4n) is 2.17. The zero-order valence-electron chi connectivity index (χ0n) is 12.5. The SMILES string of the molecule is CCNC(c1cncc(OC(C)C)c1)c1cncn1C. The van der Waals surface area contributed by atoms with E-state index in [0.29, 0.717) is 0 Å². The smallest absolute Gasteiger partial charge is 0.138 e. The Morgan fingerprint density at radius 1 is 1.25 bits per heavy atom. The number of aryl methyl sites for hydroxylation is 1. The lowest BCUT2D eigenvalue weighted by atomic mass is 10.1. The van der Waals surface area contributed by atoms with Crippen molar-refractivity contribution in [1.29, 1.82) is 0 Å². The second-order valence-corrected chi connectivity index (χ2v) is 5.04. The van der Waals surface area contributed by atoms with E-state index in [0.717, 1.165) is 23.6 Å². The van der Waals surface area contributed by atoms with Crippen molar-refractivity contribution in [2.45, 2.75) is 32.9 Å². The van der Waals surface area contributed by atoms with E-state index in [1.54, 1.807) is 6.20 Å². The number of ether oxygens (including phenoxy) is 1. The summed E-state index contributed by atoms with van der Waals surface area (Å²) in [4.78, 5) is 8.48. The average molecular weight is 274 g/mol. The number of aromatic nitrogens is 3. The summed E-state index contributed by atoms with van der Waals surface area (Å²) in [6.45, 7) is 6.97. The van der Waals surface area contributed by atoms with Gasteiger partial charge in [-0.2, -0.15) is 0 Å². The second-order valence-electron chi connectivity index (χ2n) is 5.04. The highest BCUT2D eigenvalue weighted by Gasteiger charge is 2.17. The molecule has 0 aliphatic carbocycles. The van der Waals surface area contributed by atoms with Crippen LogP contribution in [0.5, 0.6) is 5.75 Å². The maximum atomic E-state index is 5.72. The molecule has 2 aromatic heterocycles. The van der Waals surface area contributed by atoms with Crippen LogP contribution in [0.2, 0.25) is 0 Å². The van der Waals surface area contributed by atoms with Crippen molar-refractivity contribution in [2.24, 2.45) is 7.05 Å². The minimum atomic E-state index is 0.0655. The molecule has 0 spiro atoms. The molecule has 108 valence electrons. The number of hydrogen-bond donors (Lipinski definition) is 1. The quantitative estimate of drug-likeness (QED) is 0.878. The molecule has 1 N–H and O–H groups in total. The number of nitrogens with zero attached hydrogens (tertiary/aromatic N) is 3. The van der Waals surface area contributed by atoms with Gasteiger partial charge >= 0.3 is 0 Å². The zero-order chi connectivity index (χ0) is 14.5. The molecule has 1 atom stereocenters. The monoisotopic (exact) mass is 274 g/mol. The Labute approximate surface area is 120 Å². The molecule has 5 nitrogen and oxygen atoms in total. The first-order valence-corrected chi connectivity index (χ1v) is 6.93. The van der Waals surface area contributed by atoms with Gasteiger partial charge in [0.15, 0.2) is 0 Å². The van der Waals surface area contributed by atoms with E-state index in [9.17, 15) is 0 Å². The molecule has 0 fully saturated rings. The van der Waals surface area contributed by atoms with Gasteiger partial charge in [-0.15, -0.1) is 0 Å². The summed E-state index contributed by atoms with van der Waals surface area (Å²) in [6.07, 6.45) is 7.44. The van der Waals surface area contributed by atoms with Crippen LogP contribution >= 0.6 is 0 Å². The molecule has 0 aliphatic heterocycles. The molecule has 0 saturated carbocycles. The van der Waals surface area contributed by atoms with Crippen LogP contribution in [0, 0.1) is 0 Å². The molecule has 0 radical (unpaired) electrons. The van der Waals surface area contributed by atoms with E-state index in [1.165, 1.54) is 0 Å². The van der Waals surface area contributed by atoms with Crippen LogP contribution in [0.25, 0.3) is 0 Å². The Morgan fingerprint density at radius 2 is 2.05 bits per heavy atom. The van der Waals surface area contributed by atoms with Crippen LogP contribution in [0.15, 0.2) is 31.0 Å². The van der Waals surface area contributed by atoms with Gasteiger partial charge in [-0.05, 0) is 32.0 Å². The first-order chi connectivity index (χ1) is 9.61. The summed E-state index contributed by atoms with van der Waals surface area (Å²) in [7, 11) is 1.99. The lowest BCUT2D eigenvalue weighted by molar-refractivity contribution is 0.241. The standard InChI is InChI=1S/C15H22N4O/c1-5-18-15(14-9-17-10-19(14)4)12-6-13(8-16-7-12)20-11(2)3/h6-11,15,18H,5H2,1-4H3. The van der Waals surface area contributed by atoms with E-state index in [1.807, 2.05) is 50.2 Å². The van der Waals surface area contributed by atoms with Crippen molar-refractivity contribution in [3.8, 4) is 5.75 Å². The van der Waals surface area contributed by atoms with Crippen molar-refractivity contribution in [3.63, 3.8) is 0 Å². The van der Waals surface area contributed by atoms with Crippen LogP contribution in [-0.2, 0) is 7.05 Å². The Bertz CT molecular complexity index is 550. The molecule has 0 amide bonds. The van der Waals surface area contributed by atoms with Crippen molar-refractivity contribution in [3.05, 3.63) is 42.2 Å². The van der Waals surface area contributed by atoms with E-state index >= 15 is 0 Å². The van der Waals surface area contributed by atoms with E-state index < -0.39 is 0 Å². The van der Waals surface area contributed by atoms with Gasteiger partial charge in [0, 0.05) is 13.2 Å². The molecule has 0 aliphatic rings. The minimum Gasteiger partial charge on any atom is -0.489 e.